The molecule has 0 bridgehead atoms. The summed E-state index contributed by atoms with van der Waals surface area (Å²) in [6.45, 7) is 3.84. The summed E-state index contributed by atoms with van der Waals surface area (Å²) in [5, 5.41) is 13.8. The number of alkyl halides is 3. The lowest BCUT2D eigenvalue weighted by Crippen LogP contribution is -2.57. The van der Waals surface area contributed by atoms with Crippen LogP contribution in [0.25, 0.3) is 0 Å². The molecule has 2 amide bonds. The Hall–Kier alpha value is -3.20. The van der Waals surface area contributed by atoms with Crippen LogP contribution >= 0.6 is 0 Å². The van der Waals surface area contributed by atoms with Gasteiger partial charge < -0.3 is 5.11 Å². The number of nitrogens with zero attached hydrogens (tertiary/aromatic N) is 1. The number of carboxylic acid groups (broad SMARTS) is 1. The van der Waals surface area contributed by atoms with Gasteiger partial charge in [-0.25, -0.2) is 4.90 Å². The van der Waals surface area contributed by atoms with Crippen LogP contribution in [0.2, 0.25) is 0 Å². The van der Waals surface area contributed by atoms with E-state index in [1.165, 1.54) is 12.1 Å². The number of halogens is 3. The van der Waals surface area contributed by atoms with Crippen molar-refractivity contribution in [3.63, 3.8) is 0 Å². The number of carbonyl (C=O) groups excluding carboxylic acids is 2. The minimum absolute atomic E-state index is 0.0318. The Bertz CT molecular complexity index is 1300. The summed E-state index contributed by atoms with van der Waals surface area (Å²) in [6, 6.07) is 9.14. The van der Waals surface area contributed by atoms with Gasteiger partial charge >= 0.3 is 12.1 Å². The predicted molar refractivity (Wildman–Crippen MR) is 144 cm³/mol. The molecule has 2 aliphatic heterocycles. The van der Waals surface area contributed by atoms with Crippen molar-refractivity contribution in [1.82, 2.24) is 5.32 Å². The van der Waals surface area contributed by atoms with E-state index in [0.29, 0.717) is 18.5 Å². The van der Waals surface area contributed by atoms with Crippen LogP contribution in [0.1, 0.15) is 80.7 Å². The van der Waals surface area contributed by atoms with E-state index in [-0.39, 0.29) is 17.9 Å². The van der Waals surface area contributed by atoms with E-state index in [2.05, 4.69) is 5.32 Å². The Kier molecular flexibility index (Phi) is 7.54. The van der Waals surface area contributed by atoms with Crippen LogP contribution in [-0.4, -0.2) is 28.4 Å². The molecule has 3 fully saturated rings. The lowest BCUT2D eigenvalue weighted by Gasteiger charge is -2.36. The molecule has 0 aromatic heterocycles. The average Bonchev–Trinajstić information content (AvgIpc) is 3.42. The van der Waals surface area contributed by atoms with Crippen molar-refractivity contribution < 1.29 is 32.7 Å². The van der Waals surface area contributed by atoms with Crippen LogP contribution in [0.5, 0.6) is 0 Å². The van der Waals surface area contributed by atoms with Crippen LogP contribution < -0.4 is 10.2 Å². The number of hydrogen-bond donors (Lipinski definition) is 2. The number of para-hydroxylation sites is 1. The summed E-state index contributed by atoms with van der Waals surface area (Å²) in [7, 11) is 0. The summed E-state index contributed by atoms with van der Waals surface area (Å²) in [4.78, 5) is 42.9. The van der Waals surface area contributed by atoms with Crippen molar-refractivity contribution in [3.05, 3.63) is 64.7 Å². The molecule has 0 spiro atoms. The number of imide groups is 1. The minimum atomic E-state index is -4.61. The van der Waals surface area contributed by atoms with Gasteiger partial charge in [0.1, 0.15) is 5.54 Å². The Balaban J connectivity index is 1.67. The van der Waals surface area contributed by atoms with Crippen molar-refractivity contribution in [2.75, 3.05) is 4.90 Å². The molecule has 4 atom stereocenters. The van der Waals surface area contributed by atoms with E-state index in [1.807, 2.05) is 32.0 Å². The van der Waals surface area contributed by atoms with Crippen LogP contribution in [0.4, 0.5) is 18.9 Å². The second kappa shape index (κ2) is 10.7. The number of benzene rings is 2. The van der Waals surface area contributed by atoms with E-state index in [1.54, 1.807) is 0 Å². The first kappa shape index (κ1) is 28.3. The van der Waals surface area contributed by atoms with Crippen molar-refractivity contribution in [3.8, 4) is 0 Å². The van der Waals surface area contributed by atoms with Gasteiger partial charge in [-0.15, -0.1) is 0 Å². The van der Waals surface area contributed by atoms with Crippen molar-refractivity contribution in [2.45, 2.75) is 83.0 Å². The largest absolute Gasteiger partial charge is 0.480 e. The highest BCUT2D eigenvalue weighted by atomic mass is 19.4. The van der Waals surface area contributed by atoms with E-state index in [0.717, 1.165) is 60.3 Å². The first-order valence-corrected chi connectivity index (χ1v) is 14.2. The van der Waals surface area contributed by atoms with Gasteiger partial charge in [0.2, 0.25) is 11.8 Å². The molecule has 3 aliphatic rings. The maximum Gasteiger partial charge on any atom is 0.416 e. The molecular weight excluding hydrogens is 521 g/mol. The fourth-order valence-electron chi connectivity index (χ4n) is 7.24. The zero-order valence-corrected chi connectivity index (χ0v) is 22.8. The van der Waals surface area contributed by atoms with E-state index in [4.69, 9.17) is 0 Å². The fourth-order valence-corrected chi connectivity index (χ4v) is 7.24. The Morgan fingerprint density at radius 1 is 1.00 bits per heavy atom. The van der Waals surface area contributed by atoms with Gasteiger partial charge in [0, 0.05) is 6.04 Å². The maximum absolute atomic E-state index is 14.3. The lowest BCUT2D eigenvalue weighted by atomic mass is 9.72. The third-order valence-corrected chi connectivity index (χ3v) is 9.13. The van der Waals surface area contributed by atoms with Gasteiger partial charge in [-0.3, -0.25) is 19.7 Å². The van der Waals surface area contributed by atoms with Crippen molar-refractivity contribution >= 4 is 23.5 Å². The Morgan fingerprint density at radius 3 is 2.20 bits per heavy atom. The lowest BCUT2D eigenvalue weighted by molar-refractivity contribution is -0.150. The highest BCUT2D eigenvalue weighted by Gasteiger charge is 2.69. The zero-order valence-electron chi connectivity index (χ0n) is 22.8. The molecule has 2 aromatic carbocycles. The number of aliphatic carboxylic acids is 1. The summed E-state index contributed by atoms with van der Waals surface area (Å²) in [6.07, 6.45) is 1.22. The van der Waals surface area contributed by atoms with Gasteiger partial charge in [0.05, 0.1) is 23.1 Å². The smallest absolute Gasteiger partial charge is 0.416 e. The van der Waals surface area contributed by atoms with Crippen LogP contribution in [0, 0.1) is 17.8 Å². The molecule has 214 valence electrons. The standard InChI is InChI=1S/C31H35F3N2O4/c1-3-19-12-8-13-20(4-2)26(19)36-27(37)23-24(28(36)38)30(29(39)40,17-18-10-6-5-7-11-18)35-25(23)21-14-9-15-22(16-21)31(32,33)34/h8-9,12-16,18,23-25,35H,3-7,10-11,17H2,1-2H3,(H,39,40). The summed E-state index contributed by atoms with van der Waals surface area (Å²) in [5.41, 5.74) is -0.450. The topological polar surface area (TPSA) is 86.7 Å². The average molecular weight is 557 g/mol. The number of aryl methyl sites for hydroxylation is 2. The zero-order chi connectivity index (χ0) is 28.8. The molecule has 40 heavy (non-hydrogen) atoms. The number of amides is 2. The van der Waals surface area contributed by atoms with Crippen molar-refractivity contribution in [1.29, 1.82) is 0 Å². The Morgan fingerprint density at radius 2 is 1.62 bits per heavy atom. The molecule has 9 heteroatoms. The van der Waals surface area contributed by atoms with Gasteiger partial charge in [-0.1, -0.05) is 76.3 Å². The van der Waals surface area contributed by atoms with Gasteiger partial charge in [0.25, 0.3) is 0 Å². The number of carbonyl (C=O) groups is 3. The highest BCUT2D eigenvalue weighted by molar-refractivity contribution is 6.25. The number of anilines is 1. The molecule has 2 saturated heterocycles. The quantitative estimate of drug-likeness (QED) is 0.404. The predicted octanol–water partition coefficient (Wildman–Crippen LogP) is 6.07. The molecule has 4 unspecified atom stereocenters. The summed E-state index contributed by atoms with van der Waals surface area (Å²) < 4.78 is 41.0. The Labute approximate surface area is 231 Å². The molecule has 2 N–H and O–H groups in total. The molecule has 5 rings (SSSR count). The third-order valence-electron chi connectivity index (χ3n) is 9.13. The SMILES string of the molecule is CCc1cccc(CC)c1N1C(=O)C2C(c3cccc(C(F)(F)F)c3)NC(CC3CCCCC3)(C(=O)O)C2C1=O. The fraction of sp³-hybridized carbons (Fsp3) is 0.516. The summed E-state index contributed by atoms with van der Waals surface area (Å²) in [5.74, 6) is -4.76. The maximum atomic E-state index is 14.3. The highest BCUT2D eigenvalue weighted by Crippen LogP contribution is 2.53. The number of carboxylic acids is 1. The molecule has 0 radical (unpaired) electrons. The normalized spacial score (nSPS) is 27.3. The first-order chi connectivity index (χ1) is 19.0. The third kappa shape index (κ3) is 4.62. The number of nitrogens with one attached hydrogen (secondary N) is 1. The summed E-state index contributed by atoms with van der Waals surface area (Å²) >= 11 is 0. The number of fused-ring (bicyclic) bond motifs is 1. The van der Waals surface area contributed by atoms with Crippen LogP contribution in [-0.2, 0) is 33.4 Å². The second-order valence-electron chi connectivity index (χ2n) is 11.4. The van der Waals surface area contributed by atoms with Gasteiger partial charge in [0.15, 0.2) is 0 Å². The first-order valence-electron chi connectivity index (χ1n) is 14.2. The molecule has 6 nitrogen and oxygen atoms in total. The second-order valence-corrected chi connectivity index (χ2v) is 11.4. The molecule has 2 aromatic rings. The van der Waals surface area contributed by atoms with Crippen LogP contribution in [0.3, 0.4) is 0 Å². The monoisotopic (exact) mass is 556 g/mol. The number of hydrogen-bond acceptors (Lipinski definition) is 4. The molecule has 1 aliphatic carbocycles. The molecular formula is C31H35F3N2O4. The minimum Gasteiger partial charge on any atom is -0.480 e. The van der Waals surface area contributed by atoms with Crippen LogP contribution in [0.15, 0.2) is 42.5 Å². The molecule has 1 saturated carbocycles. The molecule has 2 heterocycles. The van der Waals surface area contributed by atoms with Gasteiger partial charge in [-0.05, 0) is 54.0 Å². The van der Waals surface area contributed by atoms with E-state index < -0.39 is 52.9 Å². The van der Waals surface area contributed by atoms with E-state index in [9.17, 15) is 32.7 Å². The van der Waals surface area contributed by atoms with Gasteiger partial charge in [-0.2, -0.15) is 13.2 Å². The van der Waals surface area contributed by atoms with E-state index >= 15 is 0 Å². The number of rotatable bonds is 7. The van der Waals surface area contributed by atoms with Crippen molar-refractivity contribution in [2.24, 2.45) is 17.8 Å².